The van der Waals surface area contributed by atoms with Crippen LogP contribution in [-0.4, -0.2) is 30.0 Å². The van der Waals surface area contributed by atoms with E-state index in [9.17, 15) is 4.79 Å². The van der Waals surface area contributed by atoms with Crippen LogP contribution in [0.4, 0.5) is 0 Å². The van der Waals surface area contributed by atoms with E-state index in [1.54, 1.807) is 11.8 Å². The molecule has 0 radical (unpaired) electrons. The Bertz CT molecular complexity index is 174. The Balaban J connectivity index is 3.82. The Morgan fingerprint density at radius 1 is 1.43 bits per heavy atom. The van der Waals surface area contributed by atoms with Gasteiger partial charge < -0.3 is 11.1 Å². The van der Waals surface area contributed by atoms with Gasteiger partial charge in [-0.05, 0) is 25.5 Å². The summed E-state index contributed by atoms with van der Waals surface area (Å²) in [5.74, 6) is 1.37. The van der Waals surface area contributed by atoms with E-state index in [0.29, 0.717) is 5.92 Å². The number of rotatable bonds is 6. The third-order valence-corrected chi connectivity index (χ3v) is 2.70. The summed E-state index contributed by atoms with van der Waals surface area (Å²) in [6.07, 6.45) is 2.77. The van der Waals surface area contributed by atoms with Crippen LogP contribution in [0.2, 0.25) is 0 Å². The Morgan fingerprint density at radius 2 is 2.00 bits per heavy atom. The molecule has 0 spiro atoms. The highest BCUT2D eigenvalue weighted by molar-refractivity contribution is 7.98. The molecule has 84 valence electrons. The number of hydrogen-bond donors (Lipinski definition) is 2. The first-order chi connectivity index (χ1) is 6.47. The second kappa shape index (κ2) is 7.12. The predicted molar refractivity (Wildman–Crippen MR) is 63.4 cm³/mol. The first-order valence-electron chi connectivity index (χ1n) is 5.02. The summed E-state index contributed by atoms with van der Waals surface area (Å²) >= 11 is 1.72. The van der Waals surface area contributed by atoms with Gasteiger partial charge in [0.05, 0.1) is 6.04 Å². The van der Waals surface area contributed by atoms with E-state index in [-0.39, 0.29) is 18.0 Å². The molecule has 0 bridgehead atoms. The molecule has 3 nitrogen and oxygen atoms in total. The van der Waals surface area contributed by atoms with Gasteiger partial charge in [0.1, 0.15) is 0 Å². The first kappa shape index (κ1) is 13.8. The van der Waals surface area contributed by atoms with Gasteiger partial charge in [-0.15, -0.1) is 0 Å². The number of hydrogen-bond acceptors (Lipinski definition) is 3. The van der Waals surface area contributed by atoms with Crippen LogP contribution in [0.15, 0.2) is 0 Å². The average Bonchev–Trinajstić information content (AvgIpc) is 2.02. The van der Waals surface area contributed by atoms with Crippen molar-refractivity contribution in [3.05, 3.63) is 0 Å². The van der Waals surface area contributed by atoms with Crippen molar-refractivity contribution in [1.82, 2.24) is 5.32 Å². The summed E-state index contributed by atoms with van der Waals surface area (Å²) in [5.41, 5.74) is 5.74. The molecule has 4 heteroatoms. The minimum Gasteiger partial charge on any atom is -0.351 e. The maximum absolute atomic E-state index is 11.5. The highest BCUT2D eigenvalue weighted by Gasteiger charge is 2.16. The maximum atomic E-state index is 11.5. The lowest BCUT2D eigenvalue weighted by atomic mass is 10.0. The van der Waals surface area contributed by atoms with Crippen LogP contribution in [0.25, 0.3) is 0 Å². The molecule has 3 N–H and O–H groups in total. The predicted octanol–water partition coefficient (Wildman–Crippen LogP) is 1.23. The molecule has 0 aromatic carbocycles. The summed E-state index contributed by atoms with van der Waals surface area (Å²) in [6.45, 7) is 6.13. The van der Waals surface area contributed by atoms with Crippen LogP contribution in [0, 0.1) is 5.92 Å². The molecule has 0 fully saturated rings. The highest BCUT2D eigenvalue weighted by atomic mass is 32.2. The molecule has 0 aliphatic carbocycles. The van der Waals surface area contributed by atoms with Gasteiger partial charge in [0, 0.05) is 11.8 Å². The third kappa shape index (κ3) is 6.27. The van der Waals surface area contributed by atoms with E-state index < -0.39 is 0 Å². The zero-order valence-electron chi connectivity index (χ0n) is 9.54. The quantitative estimate of drug-likeness (QED) is 0.705. The van der Waals surface area contributed by atoms with E-state index in [1.165, 1.54) is 0 Å². The van der Waals surface area contributed by atoms with Crippen molar-refractivity contribution in [2.75, 3.05) is 12.0 Å². The fourth-order valence-electron chi connectivity index (χ4n) is 1.26. The van der Waals surface area contributed by atoms with E-state index in [2.05, 4.69) is 19.2 Å². The van der Waals surface area contributed by atoms with E-state index in [4.69, 9.17) is 5.73 Å². The minimum atomic E-state index is -0.362. The topological polar surface area (TPSA) is 55.1 Å². The summed E-state index contributed by atoms with van der Waals surface area (Å²) in [6, 6.07) is -0.157. The molecule has 0 rings (SSSR count). The number of amides is 1. The molecule has 0 aromatic rings. The SMILES string of the molecule is CSCC(C)NC(=O)C(N)CC(C)C. The normalized spacial score (nSPS) is 15.3. The molecule has 0 saturated carbocycles. The van der Waals surface area contributed by atoms with Crippen molar-refractivity contribution < 1.29 is 4.79 Å². The summed E-state index contributed by atoms with van der Waals surface area (Å²) < 4.78 is 0. The molecular weight excluding hydrogens is 196 g/mol. The van der Waals surface area contributed by atoms with Crippen molar-refractivity contribution in [2.45, 2.75) is 39.3 Å². The van der Waals surface area contributed by atoms with Gasteiger partial charge in [-0.1, -0.05) is 13.8 Å². The summed E-state index contributed by atoms with van der Waals surface area (Å²) in [5, 5.41) is 2.90. The van der Waals surface area contributed by atoms with Gasteiger partial charge in [0.15, 0.2) is 0 Å². The van der Waals surface area contributed by atoms with Crippen LogP contribution in [0.1, 0.15) is 27.2 Å². The fraction of sp³-hybridized carbons (Fsp3) is 0.900. The fourth-order valence-corrected chi connectivity index (χ4v) is 1.84. The molecule has 1 amide bonds. The lowest BCUT2D eigenvalue weighted by Gasteiger charge is -2.17. The Hall–Kier alpha value is -0.220. The number of carbonyl (C=O) groups excluding carboxylic acids is 1. The Labute approximate surface area is 91.2 Å². The van der Waals surface area contributed by atoms with Crippen LogP contribution in [0.5, 0.6) is 0 Å². The molecule has 0 aliphatic rings. The van der Waals surface area contributed by atoms with Gasteiger partial charge in [0.2, 0.25) is 5.91 Å². The molecule has 0 heterocycles. The maximum Gasteiger partial charge on any atom is 0.237 e. The zero-order valence-corrected chi connectivity index (χ0v) is 10.4. The molecule has 2 atom stereocenters. The molecule has 0 aliphatic heterocycles. The van der Waals surface area contributed by atoms with Gasteiger partial charge in [-0.3, -0.25) is 4.79 Å². The zero-order chi connectivity index (χ0) is 11.1. The standard InChI is InChI=1S/C10H22N2OS/c1-7(2)5-9(11)10(13)12-8(3)6-14-4/h7-9H,5-6,11H2,1-4H3,(H,12,13). The molecule has 2 unspecified atom stereocenters. The first-order valence-corrected chi connectivity index (χ1v) is 6.41. The number of nitrogens with one attached hydrogen (secondary N) is 1. The highest BCUT2D eigenvalue weighted by Crippen LogP contribution is 2.03. The lowest BCUT2D eigenvalue weighted by molar-refractivity contribution is -0.123. The average molecular weight is 218 g/mol. The summed E-state index contributed by atoms with van der Waals surface area (Å²) in [4.78, 5) is 11.5. The summed E-state index contributed by atoms with van der Waals surface area (Å²) in [7, 11) is 0. The van der Waals surface area contributed by atoms with Crippen molar-refractivity contribution >= 4 is 17.7 Å². The lowest BCUT2D eigenvalue weighted by Crippen LogP contribution is -2.45. The van der Waals surface area contributed by atoms with Crippen LogP contribution >= 0.6 is 11.8 Å². The van der Waals surface area contributed by atoms with E-state index in [0.717, 1.165) is 12.2 Å². The van der Waals surface area contributed by atoms with Crippen molar-refractivity contribution in [1.29, 1.82) is 0 Å². The van der Waals surface area contributed by atoms with Crippen molar-refractivity contribution in [2.24, 2.45) is 11.7 Å². The van der Waals surface area contributed by atoms with Gasteiger partial charge in [0.25, 0.3) is 0 Å². The monoisotopic (exact) mass is 218 g/mol. The second-order valence-electron chi connectivity index (χ2n) is 4.10. The smallest absolute Gasteiger partial charge is 0.237 e. The third-order valence-electron chi connectivity index (χ3n) is 1.87. The number of carbonyl (C=O) groups is 1. The van der Waals surface area contributed by atoms with Crippen LogP contribution < -0.4 is 11.1 Å². The largest absolute Gasteiger partial charge is 0.351 e. The second-order valence-corrected chi connectivity index (χ2v) is 5.01. The van der Waals surface area contributed by atoms with Crippen LogP contribution in [0.3, 0.4) is 0 Å². The number of nitrogens with two attached hydrogens (primary N) is 1. The van der Waals surface area contributed by atoms with Crippen LogP contribution in [-0.2, 0) is 4.79 Å². The number of thioether (sulfide) groups is 1. The Kier molecular flexibility index (Phi) is 7.01. The van der Waals surface area contributed by atoms with Gasteiger partial charge in [-0.25, -0.2) is 0 Å². The molecular formula is C10H22N2OS. The van der Waals surface area contributed by atoms with E-state index >= 15 is 0 Å². The molecule has 14 heavy (non-hydrogen) atoms. The van der Waals surface area contributed by atoms with Gasteiger partial charge in [-0.2, -0.15) is 11.8 Å². The van der Waals surface area contributed by atoms with E-state index in [1.807, 2.05) is 13.2 Å². The van der Waals surface area contributed by atoms with Gasteiger partial charge >= 0.3 is 0 Å². The van der Waals surface area contributed by atoms with Crippen molar-refractivity contribution in [3.8, 4) is 0 Å². The molecule has 0 saturated heterocycles. The molecule has 0 aromatic heterocycles. The van der Waals surface area contributed by atoms with Crippen molar-refractivity contribution in [3.63, 3.8) is 0 Å². The minimum absolute atomic E-state index is 0.0275. The Morgan fingerprint density at radius 3 is 2.43 bits per heavy atom.